The largest absolute Gasteiger partial charge is 0.384 e. The van der Waals surface area contributed by atoms with Crippen LogP contribution in [0, 0.1) is 12.8 Å². The first-order chi connectivity index (χ1) is 6.52. The normalized spacial score (nSPS) is 11.2. The van der Waals surface area contributed by atoms with E-state index in [9.17, 15) is 0 Å². The molecule has 14 heavy (non-hydrogen) atoms. The third-order valence-corrected chi connectivity index (χ3v) is 3.49. The maximum atomic E-state index is 5.91. The van der Waals surface area contributed by atoms with E-state index in [2.05, 4.69) is 18.9 Å². The van der Waals surface area contributed by atoms with Crippen molar-refractivity contribution < 1.29 is 0 Å². The molecule has 80 valence electrons. The molecule has 2 N–H and O–H groups in total. The molecule has 1 rings (SSSR count). The Morgan fingerprint density at radius 1 is 1.50 bits per heavy atom. The minimum atomic E-state index is 0.734. The summed E-state index contributed by atoms with van der Waals surface area (Å²) in [6, 6.07) is 0. The quantitative estimate of drug-likeness (QED) is 0.834. The molecular weight excluding hydrogens is 194 g/mol. The number of nitrogens with two attached hydrogens (primary N) is 1. The Labute approximate surface area is 90.1 Å². The zero-order valence-corrected chi connectivity index (χ0v) is 10.2. The van der Waals surface area contributed by atoms with E-state index < -0.39 is 0 Å². The third kappa shape index (κ3) is 2.67. The molecule has 0 atom stereocenters. The average molecular weight is 213 g/mol. The molecule has 0 aliphatic rings. The van der Waals surface area contributed by atoms with Gasteiger partial charge in [-0.3, -0.25) is 4.68 Å². The van der Waals surface area contributed by atoms with Gasteiger partial charge >= 0.3 is 0 Å². The highest BCUT2D eigenvalue weighted by Gasteiger charge is 2.09. The Morgan fingerprint density at radius 3 is 2.57 bits per heavy atom. The molecule has 0 aromatic carbocycles. The number of aryl methyl sites for hydroxylation is 2. The number of hydrogen-bond acceptors (Lipinski definition) is 3. The van der Waals surface area contributed by atoms with Gasteiger partial charge in [-0.05, 0) is 18.6 Å². The minimum Gasteiger partial charge on any atom is -0.384 e. The summed E-state index contributed by atoms with van der Waals surface area (Å²) in [6.07, 6.45) is 0. The number of anilines is 1. The highest BCUT2D eigenvalue weighted by Crippen LogP contribution is 2.22. The topological polar surface area (TPSA) is 43.8 Å². The minimum absolute atomic E-state index is 0.734. The molecule has 1 aromatic heterocycles. The van der Waals surface area contributed by atoms with Gasteiger partial charge in [-0.15, -0.1) is 0 Å². The Hall–Kier alpha value is -0.640. The van der Waals surface area contributed by atoms with Gasteiger partial charge in [0.15, 0.2) is 0 Å². The smallest absolute Gasteiger partial charge is 0.125 e. The number of aromatic nitrogens is 2. The van der Waals surface area contributed by atoms with E-state index in [1.165, 1.54) is 11.3 Å². The highest BCUT2D eigenvalue weighted by atomic mass is 32.2. The van der Waals surface area contributed by atoms with E-state index in [-0.39, 0.29) is 0 Å². The van der Waals surface area contributed by atoms with Crippen LogP contribution in [-0.4, -0.2) is 15.5 Å². The van der Waals surface area contributed by atoms with Gasteiger partial charge in [0.05, 0.1) is 5.69 Å². The fraction of sp³-hybridized carbons (Fsp3) is 0.700. The monoisotopic (exact) mass is 213 g/mol. The van der Waals surface area contributed by atoms with Crippen molar-refractivity contribution in [2.45, 2.75) is 26.5 Å². The highest BCUT2D eigenvalue weighted by molar-refractivity contribution is 7.98. The number of nitrogens with zero attached hydrogens (tertiary/aromatic N) is 2. The number of nitrogen functional groups attached to an aromatic ring is 1. The SMILES string of the molecule is Cc1nn(C)c(N)c1CSCC(C)C. The van der Waals surface area contributed by atoms with E-state index in [0.29, 0.717) is 0 Å². The number of hydrogen-bond donors (Lipinski definition) is 1. The van der Waals surface area contributed by atoms with Crippen LogP contribution in [0.3, 0.4) is 0 Å². The van der Waals surface area contributed by atoms with Crippen molar-refractivity contribution in [2.75, 3.05) is 11.5 Å². The van der Waals surface area contributed by atoms with Crippen molar-refractivity contribution >= 4 is 17.6 Å². The van der Waals surface area contributed by atoms with E-state index in [1.807, 2.05) is 25.7 Å². The summed E-state index contributed by atoms with van der Waals surface area (Å²) in [6.45, 7) is 6.47. The molecule has 1 aromatic rings. The van der Waals surface area contributed by atoms with Crippen LogP contribution in [0.4, 0.5) is 5.82 Å². The van der Waals surface area contributed by atoms with Crippen molar-refractivity contribution in [3.63, 3.8) is 0 Å². The molecule has 3 nitrogen and oxygen atoms in total. The molecule has 0 fully saturated rings. The van der Waals surface area contributed by atoms with Crippen LogP contribution in [0.5, 0.6) is 0 Å². The average Bonchev–Trinajstić information content (AvgIpc) is 2.31. The lowest BCUT2D eigenvalue weighted by atomic mass is 10.3. The van der Waals surface area contributed by atoms with E-state index in [4.69, 9.17) is 5.73 Å². The second-order valence-corrected chi connectivity index (χ2v) is 5.01. The van der Waals surface area contributed by atoms with Crippen LogP contribution in [0.25, 0.3) is 0 Å². The summed E-state index contributed by atoms with van der Waals surface area (Å²) in [5.41, 5.74) is 8.16. The van der Waals surface area contributed by atoms with E-state index in [1.54, 1.807) is 4.68 Å². The molecular formula is C10H19N3S. The van der Waals surface area contributed by atoms with Crippen molar-refractivity contribution in [1.29, 1.82) is 0 Å². The fourth-order valence-electron chi connectivity index (χ4n) is 1.29. The van der Waals surface area contributed by atoms with Crippen LogP contribution < -0.4 is 5.73 Å². The predicted molar refractivity (Wildman–Crippen MR) is 63.4 cm³/mol. The molecule has 0 aliphatic carbocycles. The molecule has 0 bridgehead atoms. The van der Waals surface area contributed by atoms with Gasteiger partial charge in [0.1, 0.15) is 5.82 Å². The first kappa shape index (κ1) is 11.4. The standard InChI is InChI=1S/C10H19N3S/c1-7(2)5-14-6-9-8(3)12-13(4)10(9)11/h7H,5-6,11H2,1-4H3. The van der Waals surface area contributed by atoms with Gasteiger partial charge in [-0.2, -0.15) is 16.9 Å². The van der Waals surface area contributed by atoms with E-state index >= 15 is 0 Å². The number of thioether (sulfide) groups is 1. The van der Waals surface area contributed by atoms with Gasteiger partial charge in [0.2, 0.25) is 0 Å². The Morgan fingerprint density at radius 2 is 2.14 bits per heavy atom. The second kappa shape index (κ2) is 4.73. The van der Waals surface area contributed by atoms with Crippen LogP contribution in [0.1, 0.15) is 25.1 Å². The zero-order valence-electron chi connectivity index (χ0n) is 9.37. The fourth-order valence-corrected chi connectivity index (χ4v) is 2.45. The predicted octanol–water partition coefficient (Wildman–Crippen LogP) is 2.20. The lowest BCUT2D eigenvalue weighted by Gasteiger charge is -2.04. The van der Waals surface area contributed by atoms with Crippen LogP contribution >= 0.6 is 11.8 Å². The Balaban J connectivity index is 2.58. The van der Waals surface area contributed by atoms with E-state index in [0.717, 1.165) is 23.2 Å². The number of rotatable bonds is 4. The maximum Gasteiger partial charge on any atom is 0.125 e. The summed E-state index contributed by atoms with van der Waals surface area (Å²) >= 11 is 1.92. The van der Waals surface area contributed by atoms with Crippen molar-refractivity contribution in [1.82, 2.24) is 9.78 Å². The third-order valence-electron chi connectivity index (χ3n) is 2.09. The molecule has 4 heteroatoms. The summed E-state index contributed by atoms with van der Waals surface area (Å²) < 4.78 is 1.75. The first-order valence-corrected chi connectivity index (χ1v) is 6.03. The van der Waals surface area contributed by atoms with Gasteiger partial charge in [0, 0.05) is 18.4 Å². The molecule has 1 heterocycles. The molecule has 0 saturated heterocycles. The van der Waals surface area contributed by atoms with Crippen LogP contribution in [-0.2, 0) is 12.8 Å². The Bertz CT molecular complexity index is 305. The summed E-state index contributed by atoms with van der Waals surface area (Å²) in [4.78, 5) is 0. The van der Waals surface area contributed by atoms with Crippen LogP contribution in [0.2, 0.25) is 0 Å². The van der Waals surface area contributed by atoms with Gasteiger partial charge in [-0.1, -0.05) is 13.8 Å². The first-order valence-electron chi connectivity index (χ1n) is 4.88. The van der Waals surface area contributed by atoms with Crippen LogP contribution in [0.15, 0.2) is 0 Å². The second-order valence-electron chi connectivity index (χ2n) is 3.98. The van der Waals surface area contributed by atoms with Gasteiger partial charge < -0.3 is 5.73 Å². The lowest BCUT2D eigenvalue weighted by molar-refractivity contribution is 0.750. The molecule has 0 saturated carbocycles. The molecule has 0 aliphatic heterocycles. The summed E-state index contributed by atoms with van der Waals surface area (Å²) in [7, 11) is 1.89. The van der Waals surface area contributed by atoms with Crippen molar-refractivity contribution in [3.05, 3.63) is 11.3 Å². The molecule has 0 spiro atoms. The lowest BCUT2D eigenvalue weighted by Crippen LogP contribution is -1.99. The van der Waals surface area contributed by atoms with Crippen molar-refractivity contribution in [2.24, 2.45) is 13.0 Å². The summed E-state index contributed by atoms with van der Waals surface area (Å²) in [5, 5.41) is 4.29. The van der Waals surface area contributed by atoms with Gasteiger partial charge in [-0.25, -0.2) is 0 Å². The van der Waals surface area contributed by atoms with Crippen molar-refractivity contribution in [3.8, 4) is 0 Å². The summed E-state index contributed by atoms with van der Waals surface area (Å²) in [5.74, 6) is 3.69. The Kier molecular flexibility index (Phi) is 3.86. The molecule has 0 unspecified atom stereocenters. The molecule has 0 radical (unpaired) electrons. The molecule has 0 amide bonds. The zero-order chi connectivity index (χ0) is 10.7. The van der Waals surface area contributed by atoms with Gasteiger partial charge in [0.25, 0.3) is 0 Å². The maximum absolute atomic E-state index is 5.91.